The number of nitriles is 1. The molecule has 10 heteroatoms. The van der Waals surface area contributed by atoms with Crippen molar-refractivity contribution in [3.05, 3.63) is 48.4 Å². The molecule has 3 heterocycles. The van der Waals surface area contributed by atoms with Crippen molar-refractivity contribution in [3.8, 4) is 23.1 Å². The number of aromatic nitrogens is 4. The summed E-state index contributed by atoms with van der Waals surface area (Å²) in [5, 5.41) is 20.0. The Kier molecular flexibility index (Phi) is 7.09. The summed E-state index contributed by atoms with van der Waals surface area (Å²) < 4.78 is 12.7. The molecule has 2 aromatic heterocycles. The topological polar surface area (TPSA) is 127 Å². The first kappa shape index (κ1) is 23.8. The van der Waals surface area contributed by atoms with E-state index in [9.17, 15) is 10.1 Å². The molecule has 2 aliphatic rings. The molecule has 1 saturated heterocycles. The normalized spacial score (nSPS) is 16.7. The van der Waals surface area contributed by atoms with Crippen molar-refractivity contribution in [2.45, 2.75) is 44.2 Å². The van der Waals surface area contributed by atoms with Gasteiger partial charge in [-0.05, 0) is 49.8 Å². The summed E-state index contributed by atoms with van der Waals surface area (Å²) in [5.41, 5.74) is 2.64. The first-order chi connectivity index (χ1) is 17.6. The zero-order chi connectivity index (χ0) is 24.9. The molecule has 0 radical (unpaired) electrons. The van der Waals surface area contributed by atoms with E-state index in [2.05, 4.69) is 31.8 Å². The molecule has 5 rings (SSSR count). The Balaban J connectivity index is 1.33. The Hall–Kier alpha value is -3.97. The van der Waals surface area contributed by atoms with Gasteiger partial charge in [0.05, 0.1) is 38.0 Å². The van der Waals surface area contributed by atoms with Gasteiger partial charge in [-0.2, -0.15) is 10.4 Å². The largest absolute Gasteiger partial charge is 0.493 e. The van der Waals surface area contributed by atoms with E-state index < -0.39 is 0 Å². The van der Waals surface area contributed by atoms with Gasteiger partial charge in [-0.25, -0.2) is 9.97 Å². The standard InChI is InChI=1S/C26H29N7O3/c1-35-23-15-28-26(32-24(23)19-14-29-33(16-19)22(7-10-27)17-5-6-17)31-21-4-2-3-18(13-21)25(34)30-20-8-11-36-12-9-20/h2-4,13-17,20,22H,5-9,11-12H2,1H3,(H,30,34)(H,28,31,32). The van der Waals surface area contributed by atoms with Gasteiger partial charge in [0, 0.05) is 42.3 Å². The second-order valence-corrected chi connectivity index (χ2v) is 9.15. The average Bonchev–Trinajstić information content (AvgIpc) is 3.63. The zero-order valence-corrected chi connectivity index (χ0v) is 20.2. The van der Waals surface area contributed by atoms with Crippen molar-refractivity contribution in [2.24, 2.45) is 5.92 Å². The van der Waals surface area contributed by atoms with Crippen LogP contribution in [0.25, 0.3) is 11.3 Å². The molecule has 10 nitrogen and oxygen atoms in total. The molecule has 2 fully saturated rings. The van der Waals surface area contributed by atoms with E-state index in [1.165, 1.54) is 0 Å². The van der Waals surface area contributed by atoms with Crippen LogP contribution in [0, 0.1) is 17.2 Å². The molecule has 1 unspecified atom stereocenters. The Morgan fingerprint density at radius 2 is 2.11 bits per heavy atom. The lowest BCUT2D eigenvalue weighted by molar-refractivity contribution is 0.0696. The van der Waals surface area contributed by atoms with Gasteiger partial charge in [-0.1, -0.05) is 6.07 Å². The van der Waals surface area contributed by atoms with Crippen molar-refractivity contribution in [1.82, 2.24) is 25.1 Å². The van der Waals surface area contributed by atoms with Crippen LogP contribution in [-0.4, -0.2) is 52.0 Å². The Morgan fingerprint density at radius 3 is 2.86 bits per heavy atom. The van der Waals surface area contributed by atoms with Crippen molar-refractivity contribution in [3.63, 3.8) is 0 Å². The highest BCUT2D eigenvalue weighted by Gasteiger charge is 2.33. The minimum atomic E-state index is -0.114. The van der Waals surface area contributed by atoms with Gasteiger partial charge < -0.3 is 20.1 Å². The fourth-order valence-electron chi connectivity index (χ4n) is 4.46. The van der Waals surface area contributed by atoms with Crippen LogP contribution in [0.5, 0.6) is 5.75 Å². The van der Waals surface area contributed by atoms with Crippen LogP contribution in [0.3, 0.4) is 0 Å². The number of nitrogens with zero attached hydrogens (tertiary/aromatic N) is 5. The third kappa shape index (κ3) is 5.47. The number of anilines is 2. The molecular formula is C26H29N7O3. The maximum absolute atomic E-state index is 12.7. The Labute approximate surface area is 209 Å². The summed E-state index contributed by atoms with van der Waals surface area (Å²) in [6, 6.07) is 9.72. The minimum Gasteiger partial charge on any atom is -0.493 e. The van der Waals surface area contributed by atoms with Gasteiger partial charge in [-0.3, -0.25) is 9.48 Å². The van der Waals surface area contributed by atoms with Crippen LogP contribution >= 0.6 is 0 Å². The second-order valence-electron chi connectivity index (χ2n) is 9.15. The van der Waals surface area contributed by atoms with Gasteiger partial charge in [0.15, 0.2) is 5.75 Å². The summed E-state index contributed by atoms with van der Waals surface area (Å²) in [6.45, 7) is 1.34. The highest BCUT2D eigenvalue weighted by molar-refractivity contribution is 5.95. The smallest absolute Gasteiger partial charge is 0.251 e. The van der Waals surface area contributed by atoms with Crippen molar-refractivity contribution < 1.29 is 14.3 Å². The predicted molar refractivity (Wildman–Crippen MR) is 133 cm³/mol. The summed E-state index contributed by atoms with van der Waals surface area (Å²) >= 11 is 0. The number of ether oxygens (including phenoxy) is 2. The van der Waals surface area contributed by atoms with E-state index in [1.54, 1.807) is 31.6 Å². The van der Waals surface area contributed by atoms with Crippen LogP contribution in [0.4, 0.5) is 11.6 Å². The summed E-state index contributed by atoms with van der Waals surface area (Å²) in [4.78, 5) is 21.8. The minimum absolute atomic E-state index is 0.0733. The van der Waals surface area contributed by atoms with Crippen molar-refractivity contribution >= 4 is 17.5 Å². The van der Waals surface area contributed by atoms with Crippen LogP contribution in [-0.2, 0) is 4.74 Å². The molecule has 0 bridgehead atoms. The average molecular weight is 488 g/mol. The number of carbonyl (C=O) groups is 1. The molecule has 1 aromatic carbocycles. The Morgan fingerprint density at radius 1 is 1.28 bits per heavy atom. The maximum Gasteiger partial charge on any atom is 0.251 e. The lowest BCUT2D eigenvalue weighted by Crippen LogP contribution is -2.38. The molecule has 1 atom stereocenters. The van der Waals surface area contributed by atoms with E-state index in [0.717, 1.165) is 31.2 Å². The van der Waals surface area contributed by atoms with Crippen LogP contribution in [0.2, 0.25) is 0 Å². The lowest BCUT2D eigenvalue weighted by atomic mass is 10.1. The number of hydrogen-bond donors (Lipinski definition) is 2. The molecule has 36 heavy (non-hydrogen) atoms. The number of hydrogen-bond acceptors (Lipinski definition) is 8. The number of rotatable bonds is 9. The SMILES string of the molecule is COc1cnc(Nc2cccc(C(=O)NC3CCOCC3)c2)nc1-c1cnn(C(CC#N)C2CC2)c1. The summed E-state index contributed by atoms with van der Waals surface area (Å²) in [6.07, 6.45) is 9.58. The maximum atomic E-state index is 12.7. The fraction of sp³-hybridized carbons (Fsp3) is 0.423. The Bertz CT molecular complexity index is 1260. The molecular weight excluding hydrogens is 458 g/mol. The monoisotopic (exact) mass is 487 g/mol. The van der Waals surface area contributed by atoms with E-state index in [1.807, 2.05) is 23.0 Å². The molecule has 0 spiro atoms. The fourth-order valence-corrected chi connectivity index (χ4v) is 4.46. The number of carbonyl (C=O) groups excluding carboxylic acids is 1. The number of nitrogens with one attached hydrogen (secondary N) is 2. The third-order valence-corrected chi connectivity index (χ3v) is 6.59. The van der Waals surface area contributed by atoms with Crippen LogP contribution < -0.4 is 15.4 Å². The van der Waals surface area contributed by atoms with Gasteiger partial charge in [0.1, 0.15) is 5.69 Å². The molecule has 3 aromatic rings. The van der Waals surface area contributed by atoms with Crippen molar-refractivity contribution in [1.29, 1.82) is 5.26 Å². The van der Waals surface area contributed by atoms with E-state index >= 15 is 0 Å². The van der Waals surface area contributed by atoms with E-state index in [4.69, 9.17) is 9.47 Å². The van der Waals surface area contributed by atoms with Gasteiger partial charge in [0.25, 0.3) is 5.91 Å². The number of benzene rings is 1. The first-order valence-electron chi connectivity index (χ1n) is 12.2. The van der Waals surface area contributed by atoms with E-state index in [0.29, 0.717) is 54.2 Å². The quantitative estimate of drug-likeness (QED) is 0.466. The van der Waals surface area contributed by atoms with Gasteiger partial charge in [-0.15, -0.1) is 0 Å². The zero-order valence-electron chi connectivity index (χ0n) is 20.2. The summed E-state index contributed by atoms with van der Waals surface area (Å²) in [5.74, 6) is 1.28. The first-order valence-corrected chi connectivity index (χ1v) is 12.2. The van der Waals surface area contributed by atoms with Crippen LogP contribution in [0.15, 0.2) is 42.9 Å². The highest BCUT2D eigenvalue weighted by atomic mass is 16.5. The highest BCUT2D eigenvalue weighted by Crippen LogP contribution is 2.41. The molecule has 1 aliphatic carbocycles. The predicted octanol–water partition coefficient (Wildman–Crippen LogP) is 3.87. The number of methoxy groups -OCH3 is 1. The van der Waals surface area contributed by atoms with E-state index in [-0.39, 0.29) is 18.0 Å². The van der Waals surface area contributed by atoms with Crippen LogP contribution in [0.1, 0.15) is 48.5 Å². The number of amides is 1. The molecule has 186 valence electrons. The lowest BCUT2D eigenvalue weighted by Gasteiger charge is -2.23. The van der Waals surface area contributed by atoms with Gasteiger partial charge >= 0.3 is 0 Å². The molecule has 1 amide bonds. The molecule has 1 saturated carbocycles. The van der Waals surface area contributed by atoms with Gasteiger partial charge in [0.2, 0.25) is 5.95 Å². The molecule has 2 N–H and O–H groups in total. The molecule has 1 aliphatic heterocycles. The third-order valence-electron chi connectivity index (χ3n) is 6.59. The summed E-state index contributed by atoms with van der Waals surface area (Å²) in [7, 11) is 1.57. The second kappa shape index (κ2) is 10.7. The van der Waals surface area contributed by atoms with Crippen molar-refractivity contribution in [2.75, 3.05) is 25.6 Å².